The van der Waals surface area contributed by atoms with Crippen LogP contribution in [0.25, 0.3) is 0 Å². The Kier molecular flexibility index (Phi) is 0.193. The van der Waals surface area contributed by atoms with E-state index in [0.29, 0.717) is 0 Å². The van der Waals surface area contributed by atoms with E-state index < -0.39 is 0 Å². The van der Waals surface area contributed by atoms with E-state index in [0.717, 1.165) is 16.2 Å². The molecule has 8 heavy (non-hydrogen) atoms. The number of hydrogen-bond donors (Lipinski definition) is 0. The molecule has 0 bridgehead atoms. The molecule has 0 atom stereocenters. The van der Waals surface area contributed by atoms with Gasteiger partial charge in [-0.2, -0.15) is 0 Å². The van der Waals surface area contributed by atoms with Gasteiger partial charge in [-0.15, -0.1) is 0 Å². The summed E-state index contributed by atoms with van der Waals surface area (Å²) in [7, 11) is 0. The van der Waals surface area contributed by atoms with Crippen molar-refractivity contribution in [3.63, 3.8) is 0 Å². The van der Waals surface area contributed by atoms with E-state index in [1.165, 1.54) is 0 Å². The molecule has 42 valence electrons. The van der Waals surface area contributed by atoms with Crippen LogP contribution in [0, 0.1) is 16.2 Å². The van der Waals surface area contributed by atoms with Crippen LogP contribution in [-0.2, 0) is 0 Å². The highest BCUT2D eigenvalue weighted by atomic mass is 15.1. The molecule has 0 aromatic heterocycles. The SMILES string of the molecule is C1CC2(C1)C13CC21C3. The van der Waals surface area contributed by atoms with Crippen LogP contribution in [0.1, 0.15) is 32.1 Å². The monoisotopic (exact) mass is 106 g/mol. The molecule has 0 radical (unpaired) electrons. The van der Waals surface area contributed by atoms with Crippen molar-refractivity contribution in [3.8, 4) is 0 Å². The van der Waals surface area contributed by atoms with E-state index >= 15 is 0 Å². The lowest BCUT2D eigenvalue weighted by molar-refractivity contribution is 0.0580. The van der Waals surface area contributed by atoms with Gasteiger partial charge in [0, 0.05) is 0 Å². The molecule has 0 heteroatoms. The molecule has 0 aromatic rings. The second-order valence-corrected chi connectivity index (χ2v) is 4.45. The van der Waals surface area contributed by atoms with Crippen LogP contribution in [0.4, 0.5) is 0 Å². The molecular weight excluding hydrogens is 96.1 g/mol. The van der Waals surface area contributed by atoms with Gasteiger partial charge in [-0.1, -0.05) is 6.42 Å². The second kappa shape index (κ2) is 0.476. The Labute approximate surface area is 49.3 Å². The Morgan fingerprint density at radius 1 is 0.750 bits per heavy atom. The molecule has 0 aliphatic heterocycles. The molecule has 0 nitrogen and oxygen atoms in total. The van der Waals surface area contributed by atoms with Gasteiger partial charge >= 0.3 is 0 Å². The lowest BCUT2D eigenvalue weighted by Gasteiger charge is -2.44. The van der Waals surface area contributed by atoms with Gasteiger partial charge in [-0.05, 0) is 41.9 Å². The highest BCUT2D eigenvalue weighted by molar-refractivity contribution is 5.59. The van der Waals surface area contributed by atoms with Crippen molar-refractivity contribution in [2.75, 3.05) is 0 Å². The summed E-state index contributed by atoms with van der Waals surface area (Å²) in [6, 6.07) is 0. The van der Waals surface area contributed by atoms with E-state index in [2.05, 4.69) is 0 Å². The average molecular weight is 106 g/mol. The molecule has 0 N–H and O–H groups in total. The third-order valence-corrected chi connectivity index (χ3v) is 4.85. The van der Waals surface area contributed by atoms with Crippen molar-refractivity contribution in [3.05, 3.63) is 0 Å². The highest BCUT2D eigenvalue weighted by Gasteiger charge is 3.11. The predicted octanol–water partition coefficient (Wildman–Crippen LogP) is 1.95. The van der Waals surface area contributed by atoms with Crippen molar-refractivity contribution < 1.29 is 0 Å². The second-order valence-electron chi connectivity index (χ2n) is 4.45. The third kappa shape index (κ3) is 0.0892. The summed E-state index contributed by atoms with van der Waals surface area (Å²) >= 11 is 0. The van der Waals surface area contributed by atoms with Crippen LogP contribution in [-0.4, -0.2) is 0 Å². The fraction of sp³-hybridized carbons (Fsp3) is 1.00. The van der Waals surface area contributed by atoms with E-state index in [9.17, 15) is 0 Å². The maximum absolute atomic E-state index is 1.65. The minimum atomic E-state index is 1.04. The molecule has 0 aromatic carbocycles. The average Bonchev–Trinajstić information content (AvgIpc) is 1.92. The van der Waals surface area contributed by atoms with Gasteiger partial charge in [0.25, 0.3) is 0 Å². The molecule has 4 fully saturated rings. The first kappa shape index (κ1) is 3.24. The van der Waals surface area contributed by atoms with Crippen molar-refractivity contribution >= 4 is 0 Å². The minimum absolute atomic E-state index is 1.04. The summed E-state index contributed by atoms with van der Waals surface area (Å²) in [6.07, 6.45) is 8.10. The molecule has 0 amide bonds. The summed E-state index contributed by atoms with van der Waals surface area (Å²) in [5.74, 6) is 0. The maximum atomic E-state index is 1.65. The van der Waals surface area contributed by atoms with Gasteiger partial charge in [-0.25, -0.2) is 0 Å². The Morgan fingerprint density at radius 3 is 1.38 bits per heavy atom. The summed E-state index contributed by atoms with van der Waals surface area (Å²) < 4.78 is 0. The lowest BCUT2D eigenvalue weighted by atomic mass is 9.60. The highest BCUT2D eigenvalue weighted by Crippen LogP contribution is 3.18. The molecule has 0 heterocycles. The van der Waals surface area contributed by atoms with Gasteiger partial charge in [0.05, 0.1) is 0 Å². The summed E-state index contributed by atoms with van der Waals surface area (Å²) in [6.45, 7) is 0. The fourth-order valence-electron chi connectivity index (χ4n) is 3.86. The van der Waals surface area contributed by atoms with Crippen molar-refractivity contribution in [1.82, 2.24) is 0 Å². The van der Waals surface area contributed by atoms with E-state index in [4.69, 9.17) is 0 Å². The Balaban J connectivity index is 1.93. The molecule has 0 saturated heterocycles. The zero-order valence-corrected chi connectivity index (χ0v) is 5.04. The normalized spacial score (nSPS) is 75.0. The lowest BCUT2D eigenvalue weighted by Crippen LogP contribution is -2.34. The minimum Gasteiger partial charge on any atom is -0.0522 e. The maximum Gasteiger partial charge on any atom is -0.0162 e. The zero-order valence-electron chi connectivity index (χ0n) is 5.04. The quantitative estimate of drug-likeness (QED) is 0.442. The van der Waals surface area contributed by atoms with Crippen LogP contribution < -0.4 is 0 Å². The predicted molar refractivity (Wildman–Crippen MR) is 30.4 cm³/mol. The first-order valence-corrected chi connectivity index (χ1v) is 3.87. The first-order valence-electron chi connectivity index (χ1n) is 3.87. The smallest absolute Gasteiger partial charge is 0.0162 e. The largest absolute Gasteiger partial charge is 0.0522 e. The fourth-order valence-corrected chi connectivity index (χ4v) is 3.86. The Morgan fingerprint density at radius 2 is 1.38 bits per heavy atom. The van der Waals surface area contributed by atoms with Crippen molar-refractivity contribution in [2.45, 2.75) is 32.1 Å². The van der Waals surface area contributed by atoms with Crippen LogP contribution in [0.3, 0.4) is 0 Å². The Hall–Kier alpha value is 0. The van der Waals surface area contributed by atoms with Crippen LogP contribution in [0.5, 0.6) is 0 Å². The van der Waals surface area contributed by atoms with Crippen LogP contribution in [0.15, 0.2) is 0 Å². The third-order valence-electron chi connectivity index (χ3n) is 4.85. The van der Waals surface area contributed by atoms with Crippen LogP contribution in [0.2, 0.25) is 0 Å². The van der Waals surface area contributed by atoms with Gasteiger partial charge in [0.1, 0.15) is 0 Å². The zero-order chi connectivity index (χ0) is 5.04. The van der Waals surface area contributed by atoms with Crippen molar-refractivity contribution in [2.24, 2.45) is 16.2 Å². The van der Waals surface area contributed by atoms with Gasteiger partial charge in [-0.3, -0.25) is 0 Å². The molecule has 4 rings (SSSR count). The number of rotatable bonds is 0. The van der Waals surface area contributed by atoms with Crippen molar-refractivity contribution in [1.29, 1.82) is 0 Å². The standard InChI is InChI=1S/C8H10/c1-2-6(3-1)7-4-8(6,7)5-7/h1-5H2. The molecule has 4 saturated carbocycles. The summed E-state index contributed by atoms with van der Waals surface area (Å²) in [4.78, 5) is 0. The van der Waals surface area contributed by atoms with Gasteiger partial charge in [0.2, 0.25) is 0 Å². The van der Waals surface area contributed by atoms with E-state index in [1.54, 1.807) is 32.1 Å². The molecule has 4 aliphatic rings. The first-order chi connectivity index (χ1) is 3.87. The summed E-state index contributed by atoms with van der Waals surface area (Å²) in [5, 5.41) is 0. The summed E-state index contributed by atoms with van der Waals surface area (Å²) in [5.41, 5.74) is 3.15. The van der Waals surface area contributed by atoms with E-state index in [1.807, 2.05) is 0 Å². The van der Waals surface area contributed by atoms with Crippen LogP contribution >= 0.6 is 0 Å². The van der Waals surface area contributed by atoms with Gasteiger partial charge in [0.15, 0.2) is 0 Å². The van der Waals surface area contributed by atoms with Gasteiger partial charge < -0.3 is 0 Å². The van der Waals surface area contributed by atoms with E-state index in [-0.39, 0.29) is 0 Å². The molecular formula is C8H10. The molecule has 0 unspecified atom stereocenters. The molecule has 4 aliphatic carbocycles. The topological polar surface area (TPSA) is 0 Å². The number of hydrogen-bond acceptors (Lipinski definition) is 0. The Bertz CT molecular complexity index is 176. The molecule has 1 spiro atoms.